The first kappa shape index (κ1) is 33.0. The van der Waals surface area contributed by atoms with Gasteiger partial charge < -0.3 is 30.6 Å². The normalized spacial score (nSPS) is 13.0. The van der Waals surface area contributed by atoms with Crippen LogP contribution in [0.25, 0.3) is 6.08 Å². The van der Waals surface area contributed by atoms with E-state index >= 15 is 0 Å². The number of thiophene rings is 1. The van der Waals surface area contributed by atoms with Gasteiger partial charge in [-0.3, -0.25) is 14.5 Å². The first-order chi connectivity index (χ1) is 18.7. The molecule has 0 aliphatic rings. The third kappa shape index (κ3) is 11.9. The monoisotopic (exact) mass is 591 g/mol. The summed E-state index contributed by atoms with van der Waals surface area (Å²) in [7, 11) is -5.88. The molecule has 2 rings (SSSR count). The lowest BCUT2D eigenvalue weighted by Crippen LogP contribution is -2.50. The van der Waals surface area contributed by atoms with Crippen molar-refractivity contribution in [2.24, 2.45) is 4.90 Å². The van der Waals surface area contributed by atoms with Gasteiger partial charge in [-0.1, -0.05) is 24.3 Å². The van der Waals surface area contributed by atoms with Crippen LogP contribution in [0.4, 0.5) is 0 Å². The first-order valence-corrected chi connectivity index (χ1v) is 14.8. The van der Waals surface area contributed by atoms with Gasteiger partial charge in [-0.05, 0) is 64.8 Å². The van der Waals surface area contributed by atoms with Crippen LogP contribution in [-0.4, -0.2) is 75.1 Å². The lowest BCUT2D eigenvalue weighted by atomic mass is 9.88. The van der Waals surface area contributed by atoms with E-state index in [4.69, 9.17) is 4.74 Å². The molecule has 0 saturated heterocycles. The van der Waals surface area contributed by atoms with Crippen molar-refractivity contribution in [1.82, 2.24) is 20.6 Å². The molecule has 6 N–H and O–H groups in total. The molecular formula is C24H35B2N5O7S2. The number of hydrogen-bond donors (Lipinski definition) is 6. The molecule has 1 amide bonds. The smallest absolute Gasteiger partial charge is 0.431 e. The summed E-state index contributed by atoms with van der Waals surface area (Å²) < 4.78 is 33.3. The zero-order chi connectivity index (χ0) is 29.9. The van der Waals surface area contributed by atoms with E-state index in [0.29, 0.717) is 11.4 Å². The molecule has 216 valence electrons. The van der Waals surface area contributed by atoms with Gasteiger partial charge >= 0.3 is 20.1 Å². The molecule has 0 aliphatic heterocycles. The second-order valence-electron chi connectivity index (χ2n) is 9.65. The molecule has 0 bridgehead atoms. The van der Waals surface area contributed by atoms with Crippen LogP contribution in [-0.2, 0) is 19.6 Å². The number of ether oxygens (including phenoxy) is 1. The molecule has 0 aliphatic carbocycles. The number of amides is 1. The molecule has 1 aromatic carbocycles. The van der Waals surface area contributed by atoms with Crippen molar-refractivity contribution < 1.29 is 32.8 Å². The van der Waals surface area contributed by atoms with Crippen molar-refractivity contribution in [3.05, 3.63) is 58.3 Å². The number of hydrogen-bond acceptors (Lipinski definition) is 9. The summed E-state index contributed by atoms with van der Waals surface area (Å²) >= 11 is 1.19. The summed E-state index contributed by atoms with van der Waals surface area (Å²) in [6.45, 7) is 7.97. The van der Waals surface area contributed by atoms with E-state index in [1.165, 1.54) is 37.1 Å². The zero-order valence-corrected chi connectivity index (χ0v) is 24.7. The van der Waals surface area contributed by atoms with Crippen LogP contribution < -0.4 is 20.6 Å². The molecular weight excluding hydrogens is 556 g/mol. The maximum Gasteiger partial charge on any atom is 0.431 e. The molecule has 1 atom stereocenters. The van der Waals surface area contributed by atoms with Crippen molar-refractivity contribution in [3.8, 4) is 0 Å². The molecule has 40 heavy (non-hydrogen) atoms. The van der Waals surface area contributed by atoms with Gasteiger partial charge in [0.15, 0.2) is 5.96 Å². The minimum atomic E-state index is -4.06. The van der Waals surface area contributed by atoms with E-state index in [2.05, 4.69) is 25.5 Å². The van der Waals surface area contributed by atoms with Crippen LogP contribution in [0.3, 0.4) is 0 Å². The van der Waals surface area contributed by atoms with Crippen LogP contribution in [0, 0.1) is 0 Å². The van der Waals surface area contributed by atoms with Gasteiger partial charge in [-0.2, -0.15) is 4.72 Å². The Bertz CT molecular complexity index is 1290. The summed E-state index contributed by atoms with van der Waals surface area (Å²) in [4.78, 5) is 30.6. The Morgan fingerprint density at radius 3 is 2.38 bits per heavy atom. The van der Waals surface area contributed by atoms with Crippen molar-refractivity contribution in [2.75, 3.05) is 13.1 Å². The predicted molar refractivity (Wildman–Crippen MR) is 158 cm³/mol. The average molecular weight is 591 g/mol. The Morgan fingerprint density at radius 1 is 1.10 bits per heavy atom. The second-order valence-corrected chi connectivity index (χ2v) is 12.5. The van der Waals surface area contributed by atoms with Crippen molar-refractivity contribution >= 4 is 59.4 Å². The minimum Gasteiger partial charge on any atom is -0.459 e. The highest BCUT2D eigenvalue weighted by Gasteiger charge is 2.30. The molecule has 0 spiro atoms. The Morgan fingerprint density at radius 2 is 1.77 bits per heavy atom. The van der Waals surface area contributed by atoms with Gasteiger partial charge in [-0.25, -0.2) is 8.42 Å². The van der Waals surface area contributed by atoms with Crippen LogP contribution in [0.5, 0.6) is 0 Å². The van der Waals surface area contributed by atoms with Gasteiger partial charge in [0.2, 0.25) is 10.0 Å². The molecule has 1 aromatic heterocycles. The molecule has 12 nitrogen and oxygen atoms in total. The molecule has 0 radical (unpaired) electrons. The Hall–Kier alpha value is -3.17. The Kier molecular flexibility index (Phi) is 12.4. The van der Waals surface area contributed by atoms with Gasteiger partial charge in [-0.15, -0.1) is 11.3 Å². The number of benzene rings is 1. The van der Waals surface area contributed by atoms with E-state index in [9.17, 15) is 28.1 Å². The number of nitrogens with one attached hydrogen (secondary N) is 4. The van der Waals surface area contributed by atoms with Crippen LogP contribution in [0.1, 0.15) is 35.3 Å². The summed E-state index contributed by atoms with van der Waals surface area (Å²) in [5.41, 5.74) is -0.864. The second kappa shape index (κ2) is 15.0. The third-order valence-corrected chi connectivity index (χ3v) is 7.23. The molecule has 0 saturated carbocycles. The van der Waals surface area contributed by atoms with E-state index in [1.807, 2.05) is 0 Å². The molecule has 2 aromatic rings. The summed E-state index contributed by atoms with van der Waals surface area (Å²) in [6.07, 6.45) is 3.54. The number of carbonyl (C=O) groups is 2. The molecule has 16 heteroatoms. The van der Waals surface area contributed by atoms with Gasteiger partial charge in [0.1, 0.15) is 11.6 Å². The van der Waals surface area contributed by atoms with E-state index in [-0.39, 0.29) is 17.4 Å². The minimum absolute atomic E-state index is 0.0232. The number of carbonyl (C=O) groups excluding carboxylic acids is 2. The Balaban J connectivity index is 2.04. The number of nitrogens with zero attached hydrogens (tertiary/aromatic N) is 1. The fourth-order valence-electron chi connectivity index (χ4n) is 3.10. The number of rotatable bonds is 12. The SMILES string of the molecule is CB(O)/N=C(\NC/C=C\c1ccc(C(=O)NCC(NS(=O)(=O)c2ccccc2)C(=O)OC(C)(C)C)s1)NB(C)O. The first-order valence-electron chi connectivity index (χ1n) is 12.5. The number of sulfonamides is 1. The van der Waals surface area contributed by atoms with E-state index < -0.39 is 47.6 Å². The third-order valence-electron chi connectivity index (χ3n) is 4.69. The Labute approximate surface area is 239 Å². The highest BCUT2D eigenvalue weighted by molar-refractivity contribution is 7.89. The fourth-order valence-corrected chi connectivity index (χ4v) is 5.16. The predicted octanol–water partition coefficient (Wildman–Crippen LogP) is 0.936. The topological polar surface area (TPSA) is 178 Å². The number of esters is 1. The standard InChI is InChI=1S/C24H35B2N5O7S2/c1-24(2,3)38-22(33)19(31-40(36,37)18-11-7-6-8-12-18)16-28-21(32)20-14-13-17(39-20)10-9-15-27-23(29-25(4)34)30-26(5)35/h6-14,19,31,34-35H,15-16H2,1-5H3,(H,28,32)(H2,27,29,30)/b10-9-. The van der Waals surface area contributed by atoms with Gasteiger partial charge in [0.05, 0.1) is 9.77 Å². The van der Waals surface area contributed by atoms with Gasteiger partial charge in [0.25, 0.3) is 5.91 Å². The van der Waals surface area contributed by atoms with E-state index in [1.54, 1.807) is 63.3 Å². The van der Waals surface area contributed by atoms with E-state index in [0.717, 1.165) is 4.88 Å². The fraction of sp³-hybridized carbons (Fsp3) is 0.375. The van der Waals surface area contributed by atoms with Crippen molar-refractivity contribution in [3.63, 3.8) is 0 Å². The average Bonchev–Trinajstić information content (AvgIpc) is 3.32. The lowest BCUT2D eigenvalue weighted by molar-refractivity contribution is -0.156. The molecule has 1 heterocycles. The van der Waals surface area contributed by atoms with Crippen molar-refractivity contribution in [2.45, 2.75) is 51.0 Å². The van der Waals surface area contributed by atoms with Gasteiger partial charge in [0, 0.05) is 18.0 Å². The highest BCUT2D eigenvalue weighted by Crippen LogP contribution is 2.18. The van der Waals surface area contributed by atoms with Crippen LogP contribution >= 0.6 is 11.3 Å². The lowest BCUT2D eigenvalue weighted by Gasteiger charge is -2.24. The summed E-state index contributed by atoms with van der Waals surface area (Å²) in [6, 6.07) is 9.58. The van der Waals surface area contributed by atoms with Crippen LogP contribution in [0.15, 0.2) is 58.3 Å². The summed E-state index contributed by atoms with van der Waals surface area (Å²) in [5, 5.41) is 27.1. The maximum atomic E-state index is 12.8. The quantitative estimate of drug-likeness (QED) is 0.0907. The maximum absolute atomic E-state index is 12.8. The largest absolute Gasteiger partial charge is 0.459 e. The molecule has 0 fully saturated rings. The van der Waals surface area contributed by atoms with Crippen LogP contribution in [0.2, 0.25) is 13.6 Å². The number of guanidine groups is 1. The highest BCUT2D eigenvalue weighted by atomic mass is 32.2. The zero-order valence-electron chi connectivity index (χ0n) is 23.0. The molecule has 1 unspecified atom stereocenters. The summed E-state index contributed by atoms with van der Waals surface area (Å²) in [5.74, 6) is -1.08. The van der Waals surface area contributed by atoms with Crippen molar-refractivity contribution in [1.29, 1.82) is 0 Å².